The number of anilines is 1. The number of nitrogens with two attached hydrogens (primary N) is 1. The van der Waals surface area contributed by atoms with E-state index in [0.29, 0.717) is 17.8 Å². The molecule has 13 nitrogen and oxygen atoms in total. The van der Waals surface area contributed by atoms with Gasteiger partial charge in [0.1, 0.15) is 11.5 Å². The highest BCUT2D eigenvalue weighted by molar-refractivity contribution is 5.94. The zero-order valence-corrected chi connectivity index (χ0v) is 14.9. The summed E-state index contributed by atoms with van der Waals surface area (Å²) in [7, 11) is 3.60. The van der Waals surface area contributed by atoms with Crippen molar-refractivity contribution in [1.82, 2.24) is 35.6 Å². The number of phenols is 2. The van der Waals surface area contributed by atoms with Crippen molar-refractivity contribution in [3.63, 3.8) is 0 Å². The number of nitrogens with zero attached hydrogens (tertiary/aromatic N) is 7. The van der Waals surface area contributed by atoms with E-state index in [1.165, 1.54) is 23.0 Å². The van der Waals surface area contributed by atoms with Crippen LogP contribution in [-0.4, -0.2) is 66.6 Å². The fourth-order valence-corrected chi connectivity index (χ4v) is 2.28. The lowest BCUT2D eigenvalue weighted by Crippen LogP contribution is -2.23. The standard InChI is InChI=1S/C15H17N9O4/c1-23(2)7-10-12(18-22-24(10)14-13(16)20-28-21-14)15(27)19-17-6-8-3-4-9(25)5-11(8)26/h3-6,25-26H,7H2,1-2H3,(H2,16,20)(H,19,27)/b17-6-. The third-order valence-electron chi connectivity index (χ3n) is 3.52. The van der Waals surface area contributed by atoms with Crippen LogP contribution < -0.4 is 11.2 Å². The largest absolute Gasteiger partial charge is 0.508 e. The Labute approximate surface area is 158 Å². The van der Waals surface area contributed by atoms with Crippen molar-refractivity contribution < 1.29 is 19.6 Å². The van der Waals surface area contributed by atoms with Gasteiger partial charge < -0.3 is 20.8 Å². The van der Waals surface area contributed by atoms with Gasteiger partial charge in [-0.3, -0.25) is 4.79 Å². The Bertz CT molecular complexity index is 1020. The molecule has 13 heteroatoms. The van der Waals surface area contributed by atoms with Crippen molar-refractivity contribution in [2.45, 2.75) is 6.54 Å². The summed E-state index contributed by atoms with van der Waals surface area (Å²) in [4.78, 5) is 14.3. The summed E-state index contributed by atoms with van der Waals surface area (Å²) in [6, 6.07) is 3.97. The SMILES string of the molecule is CN(C)Cc1c(C(=O)N/N=C\c2ccc(O)cc2O)nnn1-c1nonc1N. The molecule has 28 heavy (non-hydrogen) atoms. The van der Waals surface area contributed by atoms with E-state index in [1.54, 1.807) is 19.0 Å². The number of phenolic OH excluding ortho intramolecular Hbond substituents is 2. The van der Waals surface area contributed by atoms with E-state index >= 15 is 0 Å². The summed E-state index contributed by atoms with van der Waals surface area (Å²) >= 11 is 0. The molecule has 0 saturated carbocycles. The molecule has 0 aliphatic heterocycles. The number of carbonyl (C=O) groups is 1. The number of rotatable bonds is 6. The molecule has 2 aromatic heterocycles. The first-order valence-electron chi connectivity index (χ1n) is 7.90. The molecule has 0 fully saturated rings. The van der Waals surface area contributed by atoms with Crippen LogP contribution in [-0.2, 0) is 6.54 Å². The molecule has 3 rings (SSSR count). The first-order valence-corrected chi connectivity index (χ1v) is 7.90. The molecule has 0 bridgehead atoms. The zero-order chi connectivity index (χ0) is 20.3. The molecule has 0 atom stereocenters. The predicted octanol–water partition coefficient (Wildman–Crippen LogP) is -0.531. The number of aromatic nitrogens is 5. The summed E-state index contributed by atoms with van der Waals surface area (Å²) in [5.41, 5.74) is 8.70. The maximum absolute atomic E-state index is 12.5. The van der Waals surface area contributed by atoms with Crippen molar-refractivity contribution in [2.24, 2.45) is 5.10 Å². The van der Waals surface area contributed by atoms with E-state index in [4.69, 9.17) is 5.73 Å². The van der Waals surface area contributed by atoms with Crippen LogP contribution in [0.1, 0.15) is 21.7 Å². The lowest BCUT2D eigenvalue weighted by atomic mass is 10.2. The number of nitrogens with one attached hydrogen (secondary N) is 1. The molecule has 5 N–H and O–H groups in total. The Balaban J connectivity index is 1.84. The zero-order valence-electron chi connectivity index (χ0n) is 14.9. The number of benzene rings is 1. The van der Waals surface area contributed by atoms with Crippen LogP contribution in [0.25, 0.3) is 5.82 Å². The first-order chi connectivity index (χ1) is 13.4. The molecule has 0 saturated heterocycles. The topological polar surface area (TPSA) is 181 Å². The smallest absolute Gasteiger partial charge is 0.293 e. The maximum Gasteiger partial charge on any atom is 0.293 e. The van der Waals surface area contributed by atoms with Crippen LogP contribution in [0.2, 0.25) is 0 Å². The molecule has 0 unspecified atom stereocenters. The number of hydrogen-bond donors (Lipinski definition) is 4. The summed E-state index contributed by atoms with van der Waals surface area (Å²) in [5.74, 6) is -0.803. The molecule has 0 radical (unpaired) electrons. The van der Waals surface area contributed by atoms with E-state index in [-0.39, 0.29) is 28.8 Å². The minimum atomic E-state index is -0.632. The number of nitrogen functional groups attached to an aromatic ring is 1. The van der Waals surface area contributed by atoms with Gasteiger partial charge in [-0.25, -0.2) is 10.1 Å². The van der Waals surface area contributed by atoms with Gasteiger partial charge in [-0.05, 0) is 36.5 Å². The molecule has 0 aliphatic rings. The number of hydrogen-bond acceptors (Lipinski definition) is 11. The lowest BCUT2D eigenvalue weighted by Gasteiger charge is -2.11. The van der Waals surface area contributed by atoms with Crippen LogP contribution in [0.15, 0.2) is 27.9 Å². The van der Waals surface area contributed by atoms with Crippen LogP contribution >= 0.6 is 0 Å². The van der Waals surface area contributed by atoms with Crippen molar-refractivity contribution in [3.8, 4) is 17.3 Å². The van der Waals surface area contributed by atoms with Gasteiger partial charge >= 0.3 is 0 Å². The van der Waals surface area contributed by atoms with E-state index in [1.807, 2.05) is 0 Å². The lowest BCUT2D eigenvalue weighted by molar-refractivity contribution is 0.0948. The average Bonchev–Trinajstić information content (AvgIpc) is 3.22. The van der Waals surface area contributed by atoms with E-state index in [0.717, 1.165) is 6.07 Å². The predicted molar refractivity (Wildman–Crippen MR) is 95.9 cm³/mol. The monoisotopic (exact) mass is 387 g/mol. The highest BCUT2D eigenvalue weighted by atomic mass is 16.6. The number of hydrazone groups is 1. The van der Waals surface area contributed by atoms with Crippen molar-refractivity contribution in [2.75, 3.05) is 19.8 Å². The summed E-state index contributed by atoms with van der Waals surface area (Å²) < 4.78 is 5.83. The molecule has 2 heterocycles. The Morgan fingerprint density at radius 1 is 1.39 bits per heavy atom. The number of amides is 1. The van der Waals surface area contributed by atoms with E-state index in [2.05, 4.69) is 35.8 Å². The van der Waals surface area contributed by atoms with Crippen LogP contribution in [0.5, 0.6) is 11.5 Å². The summed E-state index contributed by atoms with van der Waals surface area (Å²) in [5, 5.41) is 37.7. The fourth-order valence-electron chi connectivity index (χ4n) is 2.28. The van der Waals surface area contributed by atoms with Gasteiger partial charge in [0, 0.05) is 18.2 Å². The molecular formula is C15H17N9O4. The highest BCUT2D eigenvalue weighted by Crippen LogP contribution is 2.21. The van der Waals surface area contributed by atoms with Crippen LogP contribution in [0, 0.1) is 0 Å². The fraction of sp³-hybridized carbons (Fsp3) is 0.200. The number of carbonyl (C=O) groups excluding carboxylic acids is 1. The number of aromatic hydroxyl groups is 2. The van der Waals surface area contributed by atoms with E-state index < -0.39 is 5.91 Å². The maximum atomic E-state index is 12.5. The Morgan fingerprint density at radius 2 is 2.18 bits per heavy atom. The molecule has 3 aromatic rings. The van der Waals surface area contributed by atoms with Gasteiger partial charge in [-0.1, -0.05) is 5.21 Å². The molecular weight excluding hydrogens is 370 g/mol. The van der Waals surface area contributed by atoms with Gasteiger partial charge in [-0.2, -0.15) is 9.78 Å². The third kappa shape index (κ3) is 3.88. The van der Waals surface area contributed by atoms with Crippen LogP contribution in [0.4, 0.5) is 5.82 Å². The third-order valence-corrected chi connectivity index (χ3v) is 3.52. The molecule has 0 spiro atoms. The van der Waals surface area contributed by atoms with Crippen molar-refractivity contribution >= 4 is 17.9 Å². The Kier molecular flexibility index (Phi) is 5.17. The van der Waals surface area contributed by atoms with Gasteiger partial charge in [0.25, 0.3) is 5.91 Å². The van der Waals surface area contributed by atoms with E-state index in [9.17, 15) is 15.0 Å². The van der Waals surface area contributed by atoms with Gasteiger partial charge in [0.2, 0.25) is 11.6 Å². The second kappa shape index (κ2) is 7.71. The van der Waals surface area contributed by atoms with Crippen LogP contribution in [0.3, 0.4) is 0 Å². The second-order valence-corrected chi connectivity index (χ2v) is 5.95. The van der Waals surface area contributed by atoms with Gasteiger partial charge in [0.15, 0.2) is 5.69 Å². The quantitative estimate of drug-likeness (QED) is 0.317. The minimum Gasteiger partial charge on any atom is -0.508 e. The van der Waals surface area contributed by atoms with Crippen molar-refractivity contribution in [3.05, 3.63) is 35.2 Å². The first kappa shape index (κ1) is 18.8. The van der Waals surface area contributed by atoms with Gasteiger partial charge in [0.05, 0.1) is 11.9 Å². The molecule has 1 amide bonds. The second-order valence-electron chi connectivity index (χ2n) is 5.95. The highest BCUT2D eigenvalue weighted by Gasteiger charge is 2.24. The molecule has 0 aliphatic carbocycles. The van der Waals surface area contributed by atoms with Crippen molar-refractivity contribution in [1.29, 1.82) is 0 Å². The molecule has 146 valence electrons. The van der Waals surface area contributed by atoms with Gasteiger partial charge in [-0.15, -0.1) is 5.10 Å². The average molecular weight is 387 g/mol. The minimum absolute atomic E-state index is 0.00214. The molecule has 1 aromatic carbocycles. The summed E-state index contributed by atoms with van der Waals surface area (Å²) in [6.07, 6.45) is 1.22. The summed E-state index contributed by atoms with van der Waals surface area (Å²) in [6.45, 7) is 0.296. The Hall–Kier alpha value is -4.00. The Morgan fingerprint density at radius 3 is 2.82 bits per heavy atom. The normalized spacial score (nSPS) is 11.4.